The maximum atomic E-state index is 11.2. The number of nitroso groups, excluding NO2 is 1. The van der Waals surface area contributed by atoms with E-state index in [1.165, 1.54) is 0 Å². The van der Waals surface area contributed by atoms with Gasteiger partial charge in [0, 0.05) is 5.92 Å². The Balaban J connectivity index is 2.53. The van der Waals surface area contributed by atoms with Crippen LogP contribution >= 0.6 is 0 Å². The van der Waals surface area contributed by atoms with Gasteiger partial charge in [-0.05, 0) is 12.8 Å². The molecule has 0 bridgehead atoms. The summed E-state index contributed by atoms with van der Waals surface area (Å²) in [7, 11) is 0. The minimum Gasteiger partial charge on any atom is -0.273 e. The first-order chi connectivity index (χ1) is 5.16. The summed E-state index contributed by atoms with van der Waals surface area (Å²) in [6.07, 6.45) is 1.84. The minimum absolute atomic E-state index is 0.0994. The SMILES string of the molecule is CC(C)C(=O)N(N=O)C1CC1. The molecular weight excluding hydrogens is 144 g/mol. The Bertz CT molecular complexity index is 175. The van der Waals surface area contributed by atoms with Crippen LogP contribution in [0.25, 0.3) is 0 Å². The van der Waals surface area contributed by atoms with Crippen LogP contribution in [0.2, 0.25) is 0 Å². The van der Waals surface area contributed by atoms with E-state index < -0.39 is 0 Å². The van der Waals surface area contributed by atoms with E-state index in [0.717, 1.165) is 17.9 Å². The van der Waals surface area contributed by atoms with Crippen LogP contribution in [0.3, 0.4) is 0 Å². The molecule has 0 saturated heterocycles. The second-order valence-electron chi connectivity index (χ2n) is 3.15. The van der Waals surface area contributed by atoms with E-state index >= 15 is 0 Å². The quantitative estimate of drug-likeness (QED) is 0.457. The van der Waals surface area contributed by atoms with Gasteiger partial charge >= 0.3 is 0 Å². The zero-order chi connectivity index (χ0) is 8.43. The summed E-state index contributed by atoms with van der Waals surface area (Å²) in [5.74, 6) is -0.296. The van der Waals surface area contributed by atoms with E-state index in [1.807, 2.05) is 0 Å². The van der Waals surface area contributed by atoms with Crippen LogP contribution in [0.1, 0.15) is 26.7 Å². The molecule has 0 heterocycles. The molecule has 0 aromatic rings. The van der Waals surface area contributed by atoms with Gasteiger partial charge in [0.05, 0.1) is 11.3 Å². The molecule has 1 amide bonds. The van der Waals surface area contributed by atoms with Gasteiger partial charge in [0.15, 0.2) is 0 Å². The first kappa shape index (κ1) is 8.17. The third-order valence-electron chi connectivity index (χ3n) is 1.70. The van der Waals surface area contributed by atoms with Crippen molar-refractivity contribution in [1.82, 2.24) is 5.01 Å². The van der Waals surface area contributed by atoms with Gasteiger partial charge in [0.1, 0.15) is 0 Å². The van der Waals surface area contributed by atoms with Crippen molar-refractivity contribution >= 4 is 5.91 Å². The lowest BCUT2D eigenvalue weighted by molar-refractivity contribution is -0.135. The monoisotopic (exact) mass is 156 g/mol. The molecule has 0 aromatic carbocycles. The minimum atomic E-state index is -0.164. The fourth-order valence-electron chi connectivity index (χ4n) is 0.870. The van der Waals surface area contributed by atoms with E-state index in [-0.39, 0.29) is 17.9 Å². The molecule has 1 saturated carbocycles. The van der Waals surface area contributed by atoms with E-state index in [4.69, 9.17) is 0 Å². The van der Waals surface area contributed by atoms with Crippen LogP contribution < -0.4 is 0 Å². The molecule has 1 rings (SSSR count). The lowest BCUT2D eigenvalue weighted by Crippen LogP contribution is -2.30. The van der Waals surface area contributed by atoms with Crippen LogP contribution in [0.4, 0.5) is 0 Å². The average molecular weight is 156 g/mol. The van der Waals surface area contributed by atoms with Gasteiger partial charge in [-0.2, -0.15) is 5.01 Å². The molecule has 0 aromatic heterocycles. The predicted octanol–water partition coefficient (Wildman–Crippen LogP) is 1.31. The highest BCUT2D eigenvalue weighted by atomic mass is 16.3. The first-order valence-corrected chi connectivity index (χ1v) is 3.83. The smallest absolute Gasteiger partial charge is 0.248 e. The average Bonchev–Trinajstić information content (AvgIpc) is 2.72. The Labute approximate surface area is 65.5 Å². The summed E-state index contributed by atoms with van der Waals surface area (Å²) in [6.45, 7) is 3.53. The Morgan fingerprint density at radius 2 is 2.09 bits per heavy atom. The Hall–Kier alpha value is -0.930. The molecule has 62 valence electrons. The van der Waals surface area contributed by atoms with Crippen molar-refractivity contribution < 1.29 is 4.79 Å². The van der Waals surface area contributed by atoms with E-state index in [9.17, 15) is 9.70 Å². The van der Waals surface area contributed by atoms with Gasteiger partial charge in [-0.25, -0.2) is 0 Å². The van der Waals surface area contributed by atoms with Crippen molar-refractivity contribution in [3.8, 4) is 0 Å². The van der Waals surface area contributed by atoms with Crippen LogP contribution in [0.15, 0.2) is 5.29 Å². The normalized spacial score (nSPS) is 16.6. The summed E-state index contributed by atoms with van der Waals surface area (Å²) >= 11 is 0. The maximum absolute atomic E-state index is 11.2. The number of carbonyl (C=O) groups excluding carboxylic acids is 1. The summed E-state index contributed by atoms with van der Waals surface area (Å²) in [6, 6.07) is 0.0994. The van der Waals surface area contributed by atoms with Crippen molar-refractivity contribution in [3.05, 3.63) is 4.91 Å². The van der Waals surface area contributed by atoms with Gasteiger partial charge in [0.25, 0.3) is 0 Å². The largest absolute Gasteiger partial charge is 0.273 e. The van der Waals surface area contributed by atoms with Crippen molar-refractivity contribution in [3.63, 3.8) is 0 Å². The highest BCUT2D eigenvalue weighted by Gasteiger charge is 2.34. The molecule has 0 atom stereocenters. The third kappa shape index (κ3) is 1.76. The Kier molecular flexibility index (Phi) is 2.22. The second-order valence-corrected chi connectivity index (χ2v) is 3.15. The molecule has 4 heteroatoms. The fourth-order valence-corrected chi connectivity index (χ4v) is 0.870. The van der Waals surface area contributed by atoms with Crippen molar-refractivity contribution in [2.24, 2.45) is 11.2 Å². The predicted molar refractivity (Wildman–Crippen MR) is 40.5 cm³/mol. The van der Waals surface area contributed by atoms with Crippen LogP contribution in [-0.2, 0) is 4.79 Å². The Morgan fingerprint density at radius 1 is 1.55 bits per heavy atom. The summed E-state index contributed by atoms with van der Waals surface area (Å²) in [5, 5.41) is 3.78. The number of hydrogen-bond donors (Lipinski definition) is 0. The number of rotatable bonds is 3. The maximum Gasteiger partial charge on any atom is 0.248 e. The summed E-state index contributed by atoms with van der Waals surface area (Å²) in [5.41, 5.74) is 0. The van der Waals surface area contributed by atoms with Crippen LogP contribution in [0.5, 0.6) is 0 Å². The van der Waals surface area contributed by atoms with Crippen LogP contribution in [0, 0.1) is 10.8 Å². The highest BCUT2D eigenvalue weighted by molar-refractivity contribution is 5.78. The van der Waals surface area contributed by atoms with E-state index in [1.54, 1.807) is 13.8 Å². The molecule has 0 unspecified atom stereocenters. The molecule has 0 aliphatic heterocycles. The zero-order valence-corrected chi connectivity index (χ0v) is 6.78. The highest BCUT2D eigenvalue weighted by Crippen LogP contribution is 2.28. The molecule has 0 N–H and O–H groups in total. The Morgan fingerprint density at radius 3 is 2.36 bits per heavy atom. The van der Waals surface area contributed by atoms with Crippen molar-refractivity contribution in [2.45, 2.75) is 32.7 Å². The van der Waals surface area contributed by atoms with Crippen molar-refractivity contribution in [1.29, 1.82) is 0 Å². The van der Waals surface area contributed by atoms with Gasteiger partial charge < -0.3 is 0 Å². The molecule has 1 aliphatic rings. The zero-order valence-electron chi connectivity index (χ0n) is 6.78. The van der Waals surface area contributed by atoms with E-state index in [2.05, 4.69) is 5.29 Å². The number of amides is 1. The number of nitrogens with zero attached hydrogens (tertiary/aromatic N) is 2. The molecule has 0 spiro atoms. The van der Waals surface area contributed by atoms with E-state index in [0.29, 0.717) is 0 Å². The van der Waals surface area contributed by atoms with Gasteiger partial charge in [-0.15, -0.1) is 4.91 Å². The van der Waals surface area contributed by atoms with Crippen molar-refractivity contribution in [2.75, 3.05) is 0 Å². The summed E-state index contributed by atoms with van der Waals surface area (Å²) < 4.78 is 0. The number of hydrogen-bond acceptors (Lipinski definition) is 3. The topological polar surface area (TPSA) is 49.7 Å². The van der Waals surface area contributed by atoms with Gasteiger partial charge in [-0.1, -0.05) is 13.8 Å². The summed E-state index contributed by atoms with van der Waals surface area (Å²) in [4.78, 5) is 21.4. The first-order valence-electron chi connectivity index (χ1n) is 3.83. The standard InChI is InChI=1S/C7H12N2O2/c1-5(2)7(10)9(8-11)6-3-4-6/h5-6H,3-4H2,1-2H3. The molecule has 11 heavy (non-hydrogen) atoms. The molecule has 0 radical (unpaired) electrons. The molecule has 1 aliphatic carbocycles. The third-order valence-corrected chi connectivity index (χ3v) is 1.70. The van der Waals surface area contributed by atoms with Gasteiger partial charge in [-0.3, -0.25) is 4.79 Å². The van der Waals surface area contributed by atoms with Crippen LogP contribution in [-0.4, -0.2) is 17.0 Å². The second kappa shape index (κ2) is 2.98. The molecule has 1 fully saturated rings. The lowest BCUT2D eigenvalue weighted by atomic mass is 10.2. The fraction of sp³-hybridized carbons (Fsp3) is 0.857. The molecule has 4 nitrogen and oxygen atoms in total. The lowest BCUT2D eigenvalue weighted by Gasteiger charge is -2.13. The molecular formula is C7H12N2O2. The van der Waals surface area contributed by atoms with Gasteiger partial charge in [0.2, 0.25) is 5.91 Å². The number of carbonyl (C=O) groups is 1.